The molecule has 1 aliphatic rings. The highest BCUT2D eigenvalue weighted by atomic mass is 35.5. The van der Waals surface area contributed by atoms with Gasteiger partial charge >= 0.3 is 0 Å². The molecule has 0 amide bonds. The molecule has 1 N–H and O–H groups in total. The Morgan fingerprint density at radius 1 is 1.44 bits per heavy atom. The van der Waals surface area contributed by atoms with E-state index in [1.807, 2.05) is 25.2 Å². The van der Waals surface area contributed by atoms with Gasteiger partial charge in [-0.15, -0.1) is 0 Å². The van der Waals surface area contributed by atoms with E-state index in [0.29, 0.717) is 0 Å². The van der Waals surface area contributed by atoms with Crippen molar-refractivity contribution in [2.45, 2.75) is 25.8 Å². The molecule has 16 heavy (non-hydrogen) atoms. The molecule has 1 fully saturated rings. The maximum Gasteiger partial charge on any atom is 0.125 e. The van der Waals surface area contributed by atoms with Crippen LogP contribution < -0.4 is 10.1 Å². The third kappa shape index (κ3) is 3.13. The lowest BCUT2D eigenvalue weighted by atomic mass is 10.2. The fourth-order valence-electron chi connectivity index (χ4n) is 1.76. The summed E-state index contributed by atoms with van der Waals surface area (Å²) in [6.45, 7) is 1.56. The molecule has 1 aliphatic carbocycles. The van der Waals surface area contributed by atoms with Gasteiger partial charge in [0.1, 0.15) is 5.75 Å². The predicted molar refractivity (Wildman–Crippen MR) is 67.1 cm³/mol. The number of halogens is 1. The molecule has 0 aliphatic heterocycles. The van der Waals surface area contributed by atoms with Crippen molar-refractivity contribution in [1.29, 1.82) is 0 Å². The van der Waals surface area contributed by atoms with Gasteiger partial charge in [0.05, 0.1) is 6.61 Å². The van der Waals surface area contributed by atoms with Gasteiger partial charge in [0.2, 0.25) is 0 Å². The zero-order valence-corrected chi connectivity index (χ0v) is 10.4. The van der Waals surface area contributed by atoms with E-state index < -0.39 is 0 Å². The van der Waals surface area contributed by atoms with Gasteiger partial charge in [0.25, 0.3) is 0 Å². The molecule has 0 spiro atoms. The van der Waals surface area contributed by atoms with E-state index in [0.717, 1.165) is 35.4 Å². The second-order valence-corrected chi connectivity index (χ2v) is 4.73. The minimum absolute atomic E-state index is 0.748. The van der Waals surface area contributed by atoms with Gasteiger partial charge in [-0.3, -0.25) is 0 Å². The summed E-state index contributed by atoms with van der Waals surface area (Å²) in [5.41, 5.74) is 1.06. The van der Waals surface area contributed by atoms with Crippen LogP contribution in [-0.2, 0) is 6.54 Å². The van der Waals surface area contributed by atoms with E-state index in [9.17, 15) is 0 Å². The van der Waals surface area contributed by atoms with Gasteiger partial charge in [0, 0.05) is 17.1 Å². The quantitative estimate of drug-likeness (QED) is 0.823. The van der Waals surface area contributed by atoms with Crippen molar-refractivity contribution >= 4 is 11.6 Å². The highest BCUT2D eigenvalue weighted by Gasteiger charge is 2.20. The Hall–Kier alpha value is -0.730. The molecular weight excluding hydrogens is 222 g/mol. The lowest BCUT2D eigenvalue weighted by molar-refractivity contribution is 0.299. The first kappa shape index (κ1) is 11.7. The second kappa shape index (κ2) is 5.55. The molecule has 0 heterocycles. The van der Waals surface area contributed by atoms with Crippen molar-refractivity contribution in [3.05, 3.63) is 28.8 Å². The van der Waals surface area contributed by atoms with Crippen LogP contribution in [0.5, 0.6) is 5.75 Å². The van der Waals surface area contributed by atoms with E-state index in [1.54, 1.807) is 0 Å². The zero-order chi connectivity index (χ0) is 11.4. The van der Waals surface area contributed by atoms with Gasteiger partial charge in [-0.05, 0) is 31.5 Å². The number of benzene rings is 1. The van der Waals surface area contributed by atoms with Crippen LogP contribution in [0.25, 0.3) is 0 Å². The van der Waals surface area contributed by atoms with Crippen molar-refractivity contribution in [3.8, 4) is 5.75 Å². The minimum atomic E-state index is 0.748. The molecule has 0 unspecified atom stereocenters. The normalized spacial score (nSPS) is 15.1. The van der Waals surface area contributed by atoms with Crippen LogP contribution in [-0.4, -0.2) is 13.7 Å². The van der Waals surface area contributed by atoms with Crippen LogP contribution in [0.1, 0.15) is 24.8 Å². The third-order valence-electron chi connectivity index (χ3n) is 2.91. The average molecular weight is 240 g/mol. The van der Waals surface area contributed by atoms with Gasteiger partial charge in [-0.25, -0.2) is 0 Å². The summed E-state index contributed by atoms with van der Waals surface area (Å²) in [4.78, 5) is 0. The van der Waals surface area contributed by atoms with Gasteiger partial charge < -0.3 is 10.1 Å². The summed E-state index contributed by atoms with van der Waals surface area (Å²) in [6.07, 6.45) is 3.93. The topological polar surface area (TPSA) is 21.3 Å². The molecule has 1 aromatic carbocycles. The molecule has 2 nitrogen and oxygen atoms in total. The van der Waals surface area contributed by atoms with Crippen molar-refractivity contribution in [3.63, 3.8) is 0 Å². The number of nitrogens with one attached hydrogen (secondary N) is 1. The van der Waals surface area contributed by atoms with Crippen LogP contribution in [0.4, 0.5) is 0 Å². The van der Waals surface area contributed by atoms with Crippen LogP contribution in [0, 0.1) is 5.92 Å². The first-order valence-corrected chi connectivity index (χ1v) is 6.24. The van der Waals surface area contributed by atoms with E-state index >= 15 is 0 Å². The molecule has 0 atom stereocenters. The van der Waals surface area contributed by atoms with Crippen LogP contribution >= 0.6 is 11.6 Å². The predicted octanol–water partition coefficient (Wildman–Crippen LogP) is 3.24. The monoisotopic (exact) mass is 239 g/mol. The maximum atomic E-state index is 6.14. The number of hydrogen-bond acceptors (Lipinski definition) is 2. The summed E-state index contributed by atoms with van der Waals surface area (Å²) in [7, 11) is 1.91. The lowest BCUT2D eigenvalue weighted by Crippen LogP contribution is -2.09. The van der Waals surface area contributed by atoms with E-state index in [4.69, 9.17) is 16.3 Å². The second-order valence-electron chi connectivity index (χ2n) is 4.33. The summed E-state index contributed by atoms with van der Waals surface area (Å²) in [5, 5.41) is 3.89. The Labute approximate surface area is 102 Å². The SMILES string of the molecule is CNCc1c(Cl)cccc1OCCC1CC1. The van der Waals surface area contributed by atoms with Crippen LogP contribution in [0.2, 0.25) is 5.02 Å². The van der Waals surface area contributed by atoms with Gasteiger partial charge in [-0.2, -0.15) is 0 Å². The molecule has 0 radical (unpaired) electrons. The number of rotatable bonds is 6. The summed E-state index contributed by atoms with van der Waals surface area (Å²) in [6, 6.07) is 5.83. The zero-order valence-electron chi connectivity index (χ0n) is 9.63. The van der Waals surface area contributed by atoms with Crippen molar-refractivity contribution in [2.75, 3.05) is 13.7 Å². The largest absolute Gasteiger partial charge is 0.493 e. The smallest absolute Gasteiger partial charge is 0.125 e. The maximum absolute atomic E-state index is 6.14. The third-order valence-corrected chi connectivity index (χ3v) is 3.26. The lowest BCUT2D eigenvalue weighted by Gasteiger charge is -2.12. The summed E-state index contributed by atoms with van der Waals surface area (Å²) in [5.74, 6) is 1.83. The number of ether oxygens (including phenoxy) is 1. The van der Waals surface area contributed by atoms with Crippen molar-refractivity contribution < 1.29 is 4.74 Å². The van der Waals surface area contributed by atoms with Crippen molar-refractivity contribution in [2.24, 2.45) is 5.92 Å². The molecule has 2 rings (SSSR count). The standard InChI is InChI=1S/C13H18ClNO/c1-15-9-11-12(14)3-2-4-13(11)16-8-7-10-5-6-10/h2-4,10,15H,5-9H2,1H3. The van der Waals surface area contributed by atoms with Gasteiger partial charge in [0.15, 0.2) is 0 Å². The Bertz CT molecular complexity index is 350. The Morgan fingerprint density at radius 2 is 2.25 bits per heavy atom. The van der Waals surface area contributed by atoms with Crippen molar-refractivity contribution in [1.82, 2.24) is 5.32 Å². The fraction of sp³-hybridized carbons (Fsp3) is 0.538. The molecular formula is C13H18ClNO. The molecule has 1 saturated carbocycles. The molecule has 0 bridgehead atoms. The average Bonchev–Trinajstić information content (AvgIpc) is 3.07. The van der Waals surface area contributed by atoms with Crippen LogP contribution in [0.3, 0.4) is 0 Å². The van der Waals surface area contributed by atoms with Gasteiger partial charge in [-0.1, -0.05) is 30.5 Å². The molecule has 1 aromatic rings. The fourth-order valence-corrected chi connectivity index (χ4v) is 2.00. The first-order chi connectivity index (χ1) is 7.81. The minimum Gasteiger partial charge on any atom is -0.493 e. The highest BCUT2D eigenvalue weighted by molar-refractivity contribution is 6.31. The Balaban J connectivity index is 1.96. The van der Waals surface area contributed by atoms with E-state index in [2.05, 4.69) is 5.32 Å². The van der Waals surface area contributed by atoms with E-state index in [-0.39, 0.29) is 0 Å². The molecule has 3 heteroatoms. The summed E-state index contributed by atoms with van der Waals surface area (Å²) < 4.78 is 5.80. The number of hydrogen-bond donors (Lipinski definition) is 1. The van der Waals surface area contributed by atoms with E-state index in [1.165, 1.54) is 19.3 Å². The first-order valence-electron chi connectivity index (χ1n) is 5.86. The Morgan fingerprint density at radius 3 is 2.94 bits per heavy atom. The highest BCUT2D eigenvalue weighted by Crippen LogP contribution is 2.33. The summed E-state index contributed by atoms with van der Waals surface area (Å²) >= 11 is 6.14. The van der Waals surface area contributed by atoms with Crippen LogP contribution in [0.15, 0.2) is 18.2 Å². The molecule has 0 saturated heterocycles. The Kier molecular flexibility index (Phi) is 4.08. The molecule has 88 valence electrons. The molecule has 0 aromatic heterocycles.